The number of benzene rings is 2. The zero-order valence-corrected chi connectivity index (χ0v) is 12.6. The normalized spacial score (nSPS) is 10.8. The number of hydrogen-bond acceptors (Lipinski definition) is 3. The van der Waals surface area contributed by atoms with Crippen LogP contribution in [0.4, 0.5) is 8.78 Å². The van der Waals surface area contributed by atoms with Crippen LogP contribution in [0.3, 0.4) is 0 Å². The van der Waals surface area contributed by atoms with Crippen molar-refractivity contribution in [3.05, 3.63) is 93.5 Å². The van der Waals surface area contributed by atoms with Crippen LogP contribution >= 0.6 is 0 Å². The maximum Gasteiger partial charge on any atom is 0.257 e. The van der Waals surface area contributed by atoms with Crippen LogP contribution in [-0.2, 0) is 13.0 Å². The zero-order valence-electron chi connectivity index (χ0n) is 12.6. The van der Waals surface area contributed by atoms with Crippen molar-refractivity contribution < 1.29 is 13.9 Å². The highest BCUT2D eigenvalue weighted by atomic mass is 19.1. The van der Waals surface area contributed by atoms with E-state index >= 15 is 0 Å². The van der Waals surface area contributed by atoms with Crippen LogP contribution < -0.4 is 5.56 Å². The van der Waals surface area contributed by atoms with Gasteiger partial charge in [0.1, 0.15) is 17.5 Å². The lowest BCUT2D eigenvalue weighted by Gasteiger charge is -2.13. The molecule has 1 N–H and O–H groups in total. The van der Waals surface area contributed by atoms with Crippen LogP contribution in [0.2, 0.25) is 0 Å². The van der Waals surface area contributed by atoms with Crippen molar-refractivity contribution in [3.63, 3.8) is 0 Å². The Morgan fingerprint density at radius 3 is 2.50 bits per heavy atom. The van der Waals surface area contributed by atoms with Crippen molar-refractivity contribution in [2.45, 2.75) is 13.0 Å². The molecule has 2 aromatic carbocycles. The summed E-state index contributed by atoms with van der Waals surface area (Å²) in [6, 6.07) is 13.5. The standard InChI is InChI=1S/C18H14F2N2O2/c19-14-7-6-13(15(20)9-14)8-16-21-17(23)10-18(24)22(16)11-12-4-2-1-3-5-12/h1-7,9-10,23H,8,11H2. The second-order valence-corrected chi connectivity index (χ2v) is 5.35. The minimum Gasteiger partial charge on any atom is -0.493 e. The minimum absolute atomic E-state index is 0.0391. The van der Waals surface area contributed by atoms with Gasteiger partial charge in [-0.1, -0.05) is 36.4 Å². The molecule has 0 amide bonds. The van der Waals surface area contributed by atoms with Gasteiger partial charge in [-0.15, -0.1) is 0 Å². The van der Waals surface area contributed by atoms with E-state index in [0.29, 0.717) is 0 Å². The van der Waals surface area contributed by atoms with E-state index in [1.807, 2.05) is 30.3 Å². The molecule has 6 heteroatoms. The molecule has 3 rings (SSSR count). The van der Waals surface area contributed by atoms with Crippen molar-refractivity contribution >= 4 is 0 Å². The maximum atomic E-state index is 13.9. The van der Waals surface area contributed by atoms with Crippen LogP contribution in [0.25, 0.3) is 0 Å². The van der Waals surface area contributed by atoms with Gasteiger partial charge in [0.2, 0.25) is 5.88 Å². The van der Waals surface area contributed by atoms with Crippen molar-refractivity contribution in [1.82, 2.24) is 9.55 Å². The molecule has 122 valence electrons. The van der Waals surface area contributed by atoms with Gasteiger partial charge < -0.3 is 5.11 Å². The van der Waals surface area contributed by atoms with Crippen molar-refractivity contribution in [2.24, 2.45) is 0 Å². The predicted molar refractivity (Wildman–Crippen MR) is 84.9 cm³/mol. The highest BCUT2D eigenvalue weighted by molar-refractivity contribution is 5.24. The Balaban J connectivity index is 2.01. The maximum absolute atomic E-state index is 13.9. The van der Waals surface area contributed by atoms with Gasteiger partial charge in [0.05, 0.1) is 12.6 Å². The third-order valence-electron chi connectivity index (χ3n) is 3.62. The first-order valence-corrected chi connectivity index (χ1v) is 7.30. The fourth-order valence-electron chi connectivity index (χ4n) is 2.45. The molecule has 0 saturated heterocycles. The smallest absolute Gasteiger partial charge is 0.257 e. The van der Waals surface area contributed by atoms with Crippen LogP contribution in [0.15, 0.2) is 59.4 Å². The van der Waals surface area contributed by atoms with E-state index in [4.69, 9.17) is 0 Å². The Hall–Kier alpha value is -3.02. The summed E-state index contributed by atoms with van der Waals surface area (Å²) in [7, 11) is 0. The Morgan fingerprint density at radius 1 is 1.04 bits per heavy atom. The number of halogens is 2. The first kappa shape index (κ1) is 15.9. The fraction of sp³-hybridized carbons (Fsp3) is 0.111. The topological polar surface area (TPSA) is 55.1 Å². The molecular formula is C18H14F2N2O2. The second kappa shape index (κ2) is 6.62. The third kappa shape index (κ3) is 3.48. The summed E-state index contributed by atoms with van der Waals surface area (Å²) in [4.78, 5) is 16.2. The summed E-state index contributed by atoms with van der Waals surface area (Å²) in [5.74, 6) is -1.63. The van der Waals surface area contributed by atoms with E-state index in [2.05, 4.69) is 4.98 Å². The summed E-state index contributed by atoms with van der Waals surface area (Å²) in [6.45, 7) is 0.241. The van der Waals surface area contributed by atoms with Gasteiger partial charge in [0, 0.05) is 12.5 Å². The van der Waals surface area contributed by atoms with E-state index < -0.39 is 23.1 Å². The van der Waals surface area contributed by atoms with Gasteiger partial charge in [-0.3, -0.25) is 9.36 Å². The first-order chi connectivity index (χ1) is 11.5. The molecule has 3 aromatic rings. The fourth-order valence-corrected chi connectivity index (χ4v) is 2.45. The highest BCUT2D eigenvalue weighted by Gasteiger charge is 2.13. The van der Waals surface area contributed by atoms with Crippen LogP contribution in [-0.4, -0.2) is 14.7 Å². The first-order valence-electron chi connectivity index (χ1n) is 7.30. The molecule has 0 aliphatic heterocycles. The average molecular weight is 328 g/mol. The van der Waals surface area contributed by atoms with E-state index in [1.54, 1.807) is 0 Å². The molecule has 4 nitrogen and oxygen atoms in total. The van der Waals surface area contributed by atoms with E-state index in [-0.39, 0.29) is 24.4 Å². The summed E-state index contributed by atoms with van der Waals surface area (Å²) in [5.41, 5.74) is 0.618. The monoisotopic (exact) mass is 328 g/mol. The number of rotatable bonds is 4. The average Bonchev–Trinajstić information content (AvgIpc) is 2.54. The molecule has 24 heavy (non-hydrogen) atoms. The van der Waals surface area contributed by atoms with Crippen molar-refractivity contribution in [1.29, 1.82) is 0 Å². The summed E-state index contributed by atoms with van der Waals surface area (Å²) in [6.07, 6.45) is -0.0391. The van der Waals surface area contributed by atoms with Crippen molar-refractivity contribution in [3.8, 4) is 5.88 Å². The molecule has 0 bridgehead atoms. The number of nitrogens with zero attached hydrogens (tertiary/aromatic N) is 2. The molecule has 0 spiro atoms. The Bertz CT molecular complexity index is 924. The number of aromatic nitrogens is 2. The summed E-state index contributed by atoms with van der Waals surface area (Å²) >= 11 is 0. The number of hydrogen-bond donors (Lipinski definition) is 1. The molecule has 0 radical (unpaired) electrons. The van der Waals surface area contributed by atoms with Crippen LogP contribution in [0.1, 0.15) is 17.0 Å². The summed E-state index contributed by atoms with van der Waals surface area (Å²) < 4.78 is 28.3. The highest BCUT2D eigenvalue weighted by Crippen LogP contribution is 2.15. The quantitative estimate of drug-likeness (QED) is 0.801. The lowest BCUT2D eigenvalue weighted by molar-refractivity contribution is 0.442. The summed E-state index contributed by atoms with van der Waals surface area (Å²) in [5, 5.41) is 9.60. The van der Waals surface area contributed by atoms with E-state index in [0.717, 1.165) is 23.8 Å². The lowest BCUT2D eigenvalue weighted by Crippen LogP contribution is -2.25. The van der Waals surface area contributed by atoms with Gasteiger partial charge in [-0.05, 0) is 17.2 Å². The third-order valence-corrected chi connectivity index (χ3v) is 3.62. The second-order valence-electron chi connectivity index (χ2n) is 5.35. The number of aromatic hydroxyl groups is 1. The van der Waals surface area contributed by atoms with Crippen LogP contribution in [0, 0.1) is 11.6 Å². The molecular weight excluding hydrogens is 314 g/mol. The molecule has 0 unspecified atom stereocenters. The predicted octanol–water partition coefficient (Wildman–Crippen LogP) is 2.87. The molecule has 1 aromatic heterocycles. The zero-order chi connectivity index (χ0) is 17.1. The largest absolute Gasteiger partial charge is 0.493 e. The molecule has 1 heterocycles. The van der Waals surface area contributed by atoms with Gasteiger partial charge in [0.25, 0.3) is 5.56 Å². The lowest BCUT2D eigenvalue weighted by atomic mass is 10.1. The Kier molecular flexibility index (Phi) is 4.37. The van der Waals surface area contributed by atoms with E-state index in [9.17, 15) is 18.7 Å². The SMILES string of the molecule is O=c1cc(O)nc(Cc2ccc(F)cc2F)n1Cc1ccccc1. The van der Waals surface area contributed by atoms with Crippen molar-refractivity contribution in [2.75, 3.05) is 0 Å². The van der Waals surface area contributed by atoms with E-state index in [1.165, 1.54) is 10.6 Å². The Labute approximate surface area is 136 Å². The molecule has 0 aliphatic carbocycles. The molecule has 0 saturated carbocycles. The van der Waals surface area contributed by atoms with Gasteiger partial charge in [-0.2, -0.15) is 4.98 Å². The Morgan fingerprint density at radius 2 is 1.79 bits per heavy atom. The minimum atomic E-state index is -0.723. The van der Waals surface area contributed by atoms with Gasteiger partial charge >= 0.3 is 0 Å². The van der Waals surface area contributed by atoms with Gasteiger partial charge in [-0.25, -0.2) is 8.78 Å². The van der Waals surface area contributed by atoms with Gasteiger partial charge in [0.15, 0.2) is 0 Å². The molecule has 0 fully saturated rings. The molecule has 0 atom stereocenters. The molecule has 0 aliphatic rings. The van der Waals surface area contributed by atoms with Crippen LogP contribution in [0.5, 0.6) is 5.88 Å².